The van der Waals surface area contributed by atoms with Gasteiger partial charge in [0.15, 0.2) is 11.5 Å². The fraction of sp³-hybridized carbons (Fsp3) is 0.500. The lowest BCUT2D eigenvalue weighted by molar-refractivity contribution is 0.243. The average Bonchev–Trinajstić information content (AvgIpc) is 2.78. The van der Waals surface area contributed by atoms with Crippen LogP contribution in [0.25, 0.3) is 11.1 Å². The molecule has 1 fully saturated rings. The van der Waals surface area contributed by atoms with Crippen molar-refractivity contribution in [3.8, 4) is 0 Å². The van der Waals surface area contributed by atoms with Crippen LogP contribution < -0.4 is 10.2 Å². The maximum absolute atomic E-state index is 5.50. The number of nitrogens with one attached hydrogen (secondary N) is 1. The lowest BCUT2D eigenvalue weighted by atomic mass is 10.2. The van der Waals surface area contributed by atoms with Crippen molar-refractivity contribution in [2.75, 3.05) is 44.8 Å². The number of benzene rings is 1. The van der Waals surface area contributed by atoms with Crippen LogP contribution >= 0.6 is 0 Å². The lowest BCUT2D eigenvalue weighted by Gasteiger charge is -2.32. The Kier molecular flexibility index (Phi) is 3.40. The Morgan fingerprint density at radius 1 is 1.37 bits per heavy atom. The molecule has 0 amide bonds. The van der Waals surface area contributed by atoms with E-state index in [1.165, 1.54) is 5.69 Å². The van der Waals surface area contributed by atoms with Gasteiger partial charge in [0, 0.05) is 45.8 Å². The summed E-state index contributed by atoms with van der Waals surface area (Å²) in [7, 11) is 2.12. The number of nitrogens with zero attached hydrogens (tertiary/aromatic N) is 3. The number of oxazole rings is 1. The fourth-order valence-electron chi connectivity index (χ4n) is 2.50. The third-order valence-corrected chi connectivity index (χ3v) is 3.54. The van der Waals surface area contributed by atoms with E-state index in [4.69, 9.17) is 4.42 Å². The zero-order valence-corrected chi connectivity index (χ0v) is 11.5. The molecule has 102 valence electrons. The van der Waals surface area contributed by atoms with Crippen molar-refractivity contribution in [3.63, 3.8) is 0 Å². The number of anilines is 1. The van der Waals surface area contributed by atoms with E-state index in [0.29, 0.717) is 0 Å². The summed E-state index contributed by atoms with van der Waals surface area (Å²) in [6.45, 7) is 7.20. The minimum Gasteiger partial charge on any atom is -0.441 e. The molecule has 0 bridgehead atoms. The van der Waals surface area contributed by atoms with E-state index in [1.54, 1.807) is 0 Å². The molecule has 0 atom stereocenters. The first-order valence-electron chi connectivity index (χ1n) is 6.74. The van der Waals surface area contributed by atoms with Crippen LogP contribution in [0.1, 0.15) is 5.89 Å². The third kappa shape index (κ3) is 2.72. The number of rotatable bonds is 3. The molecule has 0 unspecified atom stereocenters. The van der Waals surface area contributed by atoms with Gasteiger partial charge in [0.25, 0.3) is 0 Å². The third-order valence-electron chi connectivity index (χ3n) is 3.54. The van der Waals surface area contributed by atoms with Gasteiger partial charge >= 0.3 is 0 Å². The van der Waals surface area contributed by atoms with Gasteiger partial charge in [0.2, 0.25) is 0 Å². The summed E-state index contributed by atoms with van der Waals surface area (Å²) in [5.41, 5.74) is 2.97. The summed E-state index contributed by atoms with van der Waals surface area (Å²) in [4.78, 5) is 9.10. The van der Waals surface area contributed by atoms with Gasteiger partial charge in [-0.1, -0.05) is 0 Å². The molecular formula is C14H20N4O. The standard InChI is InChI=1S/C14H20N4O/c1-11-16-13-9-12(3-4-14(13)19-11)17(2)10-18-7-5-15-6-8-18/h3-4,9,15H,5-8,10H2,1-2H3. The highest BCUT2D eigenvalue weighted by atomic mass is 16.3. The Labute approximate surface area is 113 Å². The summed E-state index contributed by atoms with van der Waals surface area (Å²) in [5, 5.41) is 3.37. The van der Waals surface area contributed by atoms with Crippen molar-refractivity contribution >= 4 is 16.8 Å². The molecule has 1 aromatic carbocycles. The second-order valence-corrected chi connectivity index (χ2v) is 5.09. The smallest absolute Gasteiger partial charge is 0.192 e. The molecule has 0 spiro atoms. The number of fused-ring (bicyclic) bond motifs is 1. The van der Waals surface area contributed by atoms with Crippen LogP contribution in [0.5, 0.6) is 0 Å². The highest BCUT2D eigenvalue weighted by molar-refractivity contribution is 5.77. The second kappa shape index (κ2) is 5.19. The van der Waals surface area contributed by atoms with Gasteiger partial charge in [0.05, 0.1) is 6.67 Å². The van der Waals surface area contributed by atoms with Gasteiger partial charge in [-0.25, -0.2) is 4.98 Å². The maximum atomic E-state index is 5.50. The summed E-state index contributed by atoms with van der Waals surface area (Å²) in [6.07, 6.45) is 0. The highest BCUT2D eigenvalue weighted by Crippen LogP contribution is 2.22. The van der Waals surface area contributed by atoms with Gasteiger partial charge < -0.3 is 14.6 Å². The molecule has 1 aliphatic heterocycles. The van der Waals surface area contributed by atoms with Crippen molar-refractivity contribution < 1.29 is 4.42 Å². The van der Waals surface area contributed by atoms with Gasteiger partial charge in [0.1, 0.15) is 5.52 Å². The quantitative estimate of drug-likeness (QED) is 0.904. The molecule has 1 aromatic heterocycles. The number of aromatic nitrogens is 1. The van der Waals surface area contributed by atoms with E-state index in [2.05, 4.69) is 39.3 Å². The molecule has 5 nitrogen and oxygen atoms in total. The molecule has 0 saturated carbocycles. The minimum atomic E-state index is 0.719. The maximum Gasteiger partial charge on any atom is 0.192 e. The van der Waals surface area contributed by atoms with E-state index in [9.17, 15) is 0 Å². The van der Waals surface area contributed by atoms with Crippen LogP contribution in [-0.4, -0.2) is 49.8 Å². The Bertz CT molecular complexity index is 560. The molecule has 1 N–H and O–H groups in total. The van der Waals surface area contributed by atoms with Gasteiger partial charge in [-0.2, -0.15) is 0 Å². The molecule has 5 heteroatoms. The number of aryl methyl sites for hydroxylation is 1. The van der Waals surface area contributed by atoms with E-state index in [1.807, 2.05) is 13.0 Å². The summed E-state index contributed by atoms with van der Waals surface area (Å²) >= 11 is 0. The fourth-order valence-corrected chi connectivity index (χ4v) is 2.50. The van der Waals surface area contributed by atoms with Crippen molar-refractivity contribution in [2.24, 2.45) is 0 Å². The van der Waals surface area contributed by atoms with Gasteiger partial charge in [-0.05, 0) is 18.2 Å². The van der Waals surface area contributed by atoms with Crippen LogP contribution in [0, 0.1) is 6.92 Å². The molecule has 2 heterocycles. The summed E-state index contributed by atoms with van der Waals surface area (Å²) < 4.78 is 5.50. The van der Waals surface area contributed by atoms with Crippen molar-refractivity contribution in [1.82, 2.24) is 15.2 Å². The van der Waals surface area contributed by atoms with E-state index < -0.39 is 0 Å². The minimum absolute atomic E-state index is 0.719. The van der Waals surface area contributed by atoms with Crippen molar-refractivity contribution in [3.05, 3.63) is 24.1 Å². The summed E-state index contributed by atoms with van der Waals surface area (Å²) in [5.74, 6) is 0.719. The molecule has 1 aliphatic rings. The Morgan fingerprint density at radius 3 is 2.95 bits per heavy atom. The SMILES string of the molecule is Cc1nc2cc(N(C)CN3CCNCC3)ccc2o1. The van der Waals surface area contributed by atoms with Crippen molar-refractivity contribution in [1.29, 1.82) is 0 Å². The molecule has 1 saturated heterocycles. The normalized spacial score (nSPS) is 16.9. The average molecular weight is 260 g/mol. The largest absolute Gasteiger partial charge is 0.441 e. The second-order valence-electron chi connectivity index (χ2n) is 5.09. The lowest BCUT2D eigenvalue weighted by Crippen LogP contribution is -2.47. The first kappa shape index (κ1) is 12.4. The van der Waals surface area contributed by atoms with Crippen molar-refractivity contribution in [2.45, 2.75) is 6.92 Å². The van der Waals surface area contributed by atoms with Crippen LogP contribution in [0.3, 0.4) is 0 Å². The van der Waals surface area contributed by atoms with Crippen LogP contribution in [-0.2, 0) is 0 Å². The number of hydrogen-bond donors (Lipinski definition) is 1. The molecule has 2 aromatic rings. The predicted molar refractivity (Wildman–Crippen MR) is 76.5 cm³/mol. The molecular weight excluding hydrogens is 240 g/mol. The topological polar surface area (TPSA) is 44.5 Å². The summed E-state index contributed by atoms with van der Waals surface area (Å²) in [6, 6.07) is 6.18. The first-order chi connectivity index (χ1) is 9.22. The molecule has 19 heavy (non-hydrogen) atoms. The van der Waals surface area contributed by atoms with E-state index in [-0.39, 0.29) is 0 Å². The van der Waals surface area contributed by atoms with Crippen LogP contribution in [0.15, 0.2) is 22.6 Å². The van der Waals surface area contributed by atoms with Crippen LogP contribution in [0.2, 0.25) is 0 Å². The number of piperazine rings is 1. The molecule has 0 aliphatic carbocycles. The molecule has 3 rings (SSSR count). The molecule has 0 radical (unpaired) electrons. The Morgan fingerprint density at radius 2 is 2.16 bits per heavy atom. The number of hydrogen-bond acceptors (Lipinski definition) is 5. The monoisotopic (exact) mass is 260 g/mol. The Hall–Kier alpha value is -1.59. The van der Waals surface area contributed by atoms with E-state index >= 15 is 0 Å². The zero-order valence-electron chi connectivity index (χ0n) is 11.5. The van der Waals surface area contributed by atoms with Crippen LogP contribution in [0.4, 0.5) is 5.69 Å². The highest BCUT2D eigenvalue weighted by Gasteiger charge is 2.12. The van der Waals surface area contributed by atoms with Gasteiger partial charge in [-0.3, -0.25) is 4.90 Å². The zero-order chi connectivity index (χ0) is 13.2. The first-order valence-corrected chi connectivity index (χ1v) is 6.74. The van der Waals surface area contributed by atoms with E-state index in [0.717, 1.165) is 49.8 Å². The Balaban J connectivity index is 1.74. The predicted octanol–water partition coefficient (Wildman–Crippen LogP) is 1.44. The van der Waals surface area contributed by atoms with Gasteiger partial charge in [-0.15, -0.1) is 0 Å².